The summed E-state index contributed by atoms with van der Waals surface area (Å²) in [5.74, 6) is 1.35. The van der Waals surface area contributed by atoms with Crippen molar-refractivity contribution in [2.45, 2.75) is 26.1 Å². The molecule has 0 radical (unpaired) electrons. The zero-order valence-electron chi connectivity index (χ0n) is 22.9. The van der Waals surface area contributed by atoms with E-state index < -0.39 is 6.36 Å². The molecule has 0 bridgehead atoms. The van der Waals surface area contributed by atoms with Gasteiger partial charge in [-0.15, -0.1) is 18.3 Å². The molecule has 14 heteroatoms. The molecular weight excluding hydrogens is 619 g/mol. The van der Waals surface area contributed by atoms with Crippen LogP contribution in [0.3, 0.4) is 0 Å². The van der Waals surface area contributed by atoms with Crippen molar-refractivity contribution in [3.63, 3.8) is 0 Å². The van der Waals surface area contributed by atoms with Crippen molar-refractivity contribution in [1.82, 2.24) is 20.2 Å². The Bertz CT molecular complexity index is 1660. The second kappa shape index (κ2) is 13.1. The number of benzene rings is 3. The first-order valence-corrected chi connectivity index (χ1v) is 14.8. The van der Waals surface area contributed by atoms with Crippen LogP contribution in [0.25, 0.3) is 17.1 Å². The SMILES string of the molecule is CC(C)c1ccc(Cl)cc1N1CCSC1=NC(=S)N/N=C/c1ccc(-c2ncn(-c3ccc(OC(F)(F)F)cc3)n2)cc1. The Kier molecular flexibility index (Phi) is 9.33. The highest BCUT2D eigenvalue weighted by molar-refractivity contribution is 8.14. The molecule has 0 aliphatic carbocycles. The normalized spacial score (nSPS) is 14.7. The van der Waals surface area contributed by atoms with Gasteiger partial charge in [-0.3, -0.25) is 5.43 Å². The lowest BCUT2D eigenvalue weighted by atomic mass is 10.0. The number of nitrogens with zero attached hydrogens (tertiary/aromatic N) is 6. The second-order valence-corrected chi connectivity index (χ2v) is 11.5. The van der Waals surface area contributed by atoms with Gasteiger partial charge < -0.3 is 9.64 Å². The first-order valence-electron chi connectivity index (χ1n) is 13.1. The van der Waals surface area contributed by atoms with E-state index in [9.17, 15) is 13.2 Å². The third-order valence-electron chi connectivity index (χ3n) is 6.25. The van der Waals surface area contributed by atoms with E-state index in [-0.39, 0.29) is 10.9 Å². The number of thioether (sulfide) groups is 1. The van der Waals surface area contributed by atoms with Gasteiger partial charge in [-0.05, 0) is 65.7 Å². The van der Waals surface area contributed by atoms with E-state index in [4.69, 9.17) is 23.8 Å². The summed E-state index contributed by atoms with van der Waals surface area (Å²) in [7, 11) is 0. The Hall–Kier alpha value is -3.94. The number of amidine groups is 1. The number of anilines is 1. The Morgan fingerprint density at radius 1 is 1.12 bits per heavy atom. The van der Waals surface area contributed by atoms with Crippen molar-refractivity contribution in [2.75, 3.05) is 17.2 Å². The summed E-state index contributed by atoms with van der Waals surface area (Å²) >= 11 is 13.3. The van der Waals surface area contributed by atoms with Crippen molar-refractivity contribution >= 4 is 57.8 Å². The van der Waals surface area contributed by atoms with Crippen LogP contribution in [-0.2, 0) is 0 Å². The van der Waals surface area contributed by atoms with E-state index in [1.54, 1.807) is 18.0 Å². The molecule has 0 saturated carbocycles. The Morgan fingerprint density at radius 2 is 1.86 bits per heavy atom. The maximum absolute atomic E-state index is 12.4. The van der Waals surface area contributed by atoms with Crippen molar-refractivity contribution in [3.05, 3.63) is 89.2 Å². The highest BCUT2D eigenvalue weighted by Crippen LogP contribution is 2.34. The van der Waals surface area contributed by atoms with Crippen LogP contribution in [0.15, 0.2) is 83.2 Å². The number of thiocarbonyl (C=S) groups is 1. The van der Waals surface area contributed by atoms with Crippen LogP contribution in [0.1, 0.15) is 30.9 Å². The average molecular weight is 644 g/mol. The lowest BCUT2D eigenvalue weighted by molar-refractivity contribution is -0.274. The van der Waals surface area contributed by atoms with E-state index in [0.717, 1.165) is 34.3 Å². The Balaban J connectivity index is 1.20. The number of alkyl halides is 3. The molecular formula is C29H25ClF3N7OS2. The smallest absolute Gasteiger partial charge is 0.406 e. The summed E-state index contributed by atoms with van der Waals surface area (Å²) in [4.78, 5) is 11.0. The molecule has 8 nitrogen and oxygen atoms in total. The number of nitrogens with one attached hydrogen (secondary N) is 1. The number of aliphatic imine (C=N–C) groups is 1. The van der Waals surface area contributed by atoms with Crippen LogP contribution in [-0.4, -0.2) is 49.9 Å². The van der Waals surface area contributed by atoms with Crippen molar-refractivity contribution in [1.29, 1.82) is 0 Å². The number of aromatic nitrogens is 3. The van der Waals surface area contributed by atoms with Gasteiger partial charge in [-0.2, -0.15) is 10.1 Å². The van der Waals surface area contributed by atoms with E-state index in [2.05, 4.69) is 55.2 Å². The first-order chi connectivity index (χ1) is 20.6. The Labute approximate surface area is 260 Å². The number of ether oxygens (including phenoxy) is 1. The topological polar surface area (TPSA) is 79.9 Å². The molecule has 0 amide bonds. The average Bonchev–Trinajstić information content (AvgIpc) is 3.63. The minimum atomic E-state index is -4.75. The van der Waals surface area contributed by atoms with Gasteiger partial charge in [0.15, 0.2) is 11.0 Å². The fourth-order valence-corrected chi connectivity index (χ4v) is 5.59. The molecule has 1 N–H and O–H groups in total. The number of hydrogen-bond acceptors (Lipinski definition) is 6. The minimum absolute atomic E-state index is 0.239. The van der Waals surface area contributed by atoms with Gasteiger partial charge in [0.05, 0.1) is 11.9 Å². The van der Waals surface area contributed by atoms with Gasteiger partial charge in [-0.1, -0.05) is 67.5 Å². The van der Waals surface area contributed by atoms with Crippen molar-refractivity contribution < 1.29 is 17.9 Å². The molecule has 3 aromatic carbocycles. The molecule has 43 heavy (non-hydrogen) atoms. The molecule has 4 aromatic rings. The van der Waals surface area contributed by atoms with Crippen molar-refractivity contribution in [3.8, 4) is 22.8 Å². The second-order valence-electron chi connectivity index (χ2n) is 9.60. The van der Waals surface area contributed by atoms with Crippen LogP contribution in [0.5, 0.6) is 5.75 Å². The molecule has 5 rings (SSSR count). The minimum Gasteiger partial charge on any atom is -0.406 e. The highest BCUT2D eigenvalue weighted by atomic mass is 35.5. The van der Waals surface area contributed by atoms with E-state index in [1.807, 2.05) is 36.4 Å². The maximum Gasteiger partial charge on any atom is 0.573 e. The van der Waals surface area contributed by atoms with Crippen LogP contribution < -0.4 is 15.1 Å². The monoisotopic (exact) mass is 643 g/mol. The van der Waals surface area contributed by atoms with Gasteiger partial charge in [0.2, 0.25) is 5.11 Å². The van der Waals surface area contributed by atoms with Gasteiger partial charge in [0, 0.05) is 28.6 Å². The molecule has 222 valence electrons. The van der Waals surface area contributed by atoms with Gasteiger partial charge >= 0.3 is 6.36 Å². The van der Waals surface area contributed by atoms with E-state index >= 15 is 0 Å². The largest absolute Gasteiger partial charge is 0.573 e. The standard InChI is InChI=1S/C29H25ClF3N7OS2/c1-18(2)24-12-7-21(30)15-25(24)39-13-14-43-28(39)36-27(42)37-35-16-19-3-5-20(6-4-19)26-34-17-40(38-26)22-8-10-23(11-9-22)41-29(31,32)33/h3-12,15-18H,13-14H2,1-2H3,(H,37,42)/b35-16+,36-28?. The molecule has 1 aromatic heterocycles. The Morgan fingerprint density at radius 3 is 2.56 bits per heavy atom. The molecule has 0 spiro atoms. The lowest BCUT2D eigenvalue weighted by Gasteiger charge is -2.23. The predicted molar refractivity (Wildman–Crippen MR) is 170 cm³/mol. The summed E-state index contributed by atoms with van der Waals surface area (Å²) < 4.78 is 42.5. The summed E-state index contributed by atoms with van der Waals surface area (Å²) in [6.45, 7) is 5.09. The zero-order valence-corrected chi connectivity index (χ0v) is 25.3. The summed E-state index contributed by atoms with van der Waals surface area (Å²) in [5.41, 5.74) is 7.13. The number of hydrazone groups is 1. The molecule has 1 fully saturated rings. The summed E-state index contributed by atoms with van der Waals surface area (Å²) in [5, 5.41) is 10.3. The molecule has 0 atom stereocenters. The predicted octanol–water partition coefficient (Wildman–Crippen LogP) is 7.43. The number of halogens is 4. The molecule has 0 unspecified atom stereocenters. The van der Waals surface area contributed by atoms with Gasteiger partial charge in [-0.25, -0.2) is 9.67 Å². The molecule has 2 heterocycles. The molecule has 1 saturated heterocycles. The zero-order chi connectivity index (χ0) is 30.6. The first kappa shape index (κ1) is 30.5. The van der Waals surface area contributed by atoms with Crippen molar-refractivity contribution in [2.24, 2.45) is 10.1 Å². The quantitative estimate of drug-likeness (QED) is 0.127. The van der Waals surface area contributed by atoms with Crippen LogP contribution in [0, 0.1) is 0 Å². The number of hydrogen-bond donors (Lipinski definition) is 1. The lowest BCUT2D eigenvalue weighted by Crippen LogP contribution is -2.27. The fraction of sp³-hybridized carbons (Fsp3) is 0.207. The van der Waals surface area contributed by atoms with Crippen LogP contribution >= 0.6 is 35.6 Å². The highest BCUT2D eigenvalue weighted by Gasteiger charge is 2.31. The van der Waals surface area contributed by atoms with Crippen LogP contribution in [0.2, 0.25) is 5.02 Å². The van der Waals surface area contributed by atoms with E-state index in [1.165, 1.54) is 40.8 Å². The third kappa shape index (κ3) is 7.92. The number of rotatable bonds is 7. The molecule has 1 aliphatic rings. The van der Waals surface area contributed by atoms with Crippen LogP contribution in [0.4, 0.5) is 18.9 Å². The van der Waals surface area contributed by atoms with Gasteiger partial charge in [0.1, 0.15) is 12.1 Å². The van der Waals surface area contributed by atoms with E-state index in [0.29, 0.717) is 22.5 Å². The fourth-order valence-electron chi connectivity index (χ4n) is 4.27. The van der Waals surface area contributed by atoms with Gasteiger partial charge in [0.25, 0.3) is 0 Å². The summed E-state index contributed by atoms with van der Waals surface area (Å²) in [6.07, 6.45) is -1.64. The molecule has 1 aliphatic heterocycles. The third-order valence-corrected chi connectivity index (χ3v) is 7.62. The maximum atomic E-state index is 12.4. The summed E-state index contributed by atoms with van der Waals surface area (Å²) in [6, 6.07) is 18.6.